The molecule has 3 aromatic rings. The number of fused-ring (bicyclic) bond motifs is 1. The van der Waals surface area contributed by atoms with Gasteiger partial charge >= 0.3 is 5.69 Å². The van der Waals surface area contributed by atoms with E-state index in [0.29, 0.717) is 17.6 Å². The third-order valence-electron chi connectivity index (χ3n) is 7.13. The summed E-state index contributed by atoms with van der Waals surface area (Å²) in [7, 11) is 0. The van der Waals surface area contributed by atoms with Crippen LogP contribution in [-0.2, 0) is 11.2 Å². The van der Waals surface area contributed by atoms with Crippen molar-refractivity contribution in [1.29, 1.82) is 0 Å². The molecule has 0 aliphatic carbocycles. The summed E-state index contributed by atoms with van der Waals surface area (Å²) >= 11 is 0. The molecule has 2 aliphatic heterocycles. The second-order valence-electron chi connectivity index (χ2n) is 9.37. The molecular weight excluding hydrogens is 406 g/mol. The van der Waals surface area contributed by atoms with Crippen molar-refractivity contribution in [1.82, 2.24) is 24.1 Å². The van der Waals surface area contributed by atoms with Crippen molar-refractivity contribution >= 4 is 5.52 Å². The molecule has 5 rings (SSSR count). The quantitative estimate of drug-likeness (QED) is 0.662. The number of nitrogens with one attached hydrogen (secondary N) is 1. The molecule has 0 aromatic carbocycles. The summed E-state index contributed by atoms with van der Waals surface area (Å²) in [5, 5.41) is 4.37. The van der Waals surface area contributed by atoms with E-state index in [0.717, 1.165) is 37.6 Å². The highest BCUT2D eigenvalue weighted by molar-refractivity contribution is 5.64. The molecule has 2 aliphatic rings. The van der Waals surface area contributed by atoms with Gasteiger partial charge in [0, 0.05) is 44.3 Å². The molecule has 0 amide bonds. The molecular formula is C24H31N5O3. The molecule has 3 aromatic heterocycles. The van der Waals surface area contributed by atoms with Crippen LogP contribution < -0.4 is 11.2 Å². The van der Waals surface area contributed by atoms with Crippen molar-refractivity contribution in [2.24, 2.45) is 11.8 Å². The zero-order chi connectivity index (χ0) is 22.1. The first-order valence-electron chi connectivity index (χ1n) is 11.7. The average Bonchev–Trinajstić information content (AvgIpc) is 3.19. The van der Waals surface area contributed by atoms with Crippen LogP contribution in [0.1, 0.15) is 38.2 Å². The van der Waals surface area contributed by atoms with Crippen LogP contribution >= 0.6 is 0 Å². The topological polar surface area (TPSA) is 84.6 Å². The number of hydrogen-bond donors (Lipinski definition) is 1. The van der Waals surface area contributed by atoms with Gasteiger partial charge in [-0.2, -0.15) is 5.10 Å². The number of rotatable bonds is 5. The van der Waals surface area contributed by atoms with Crippen molar-refractivity contribution in [3.63, 3.8) is 0 Å². The van der Waals surface area contributed by atoms with E-state index < -0.39 is 11.2 Å². The monoisotopic (exact) mass is 437 g/mol. The van der Waals surface area contributed by atoms with Gasteiger partial charge in [-0.25, -0.2) is 9.31 Å². The Morgan fingerprint density at radius 2 is 1.97 bits per heavy atom. The maximum atomic E-state index is 12.3. The Balaban J connectivity index is 1.28. The van der Waals surface area contributed by atoms with Crippen LogP contribution in [0.4, 0.5) is 0 Å². The minimum absolute atomic E-state index is 0.402. The number of piperidine rings is 1. The minimum atomic E-state index is -0.455. The first-order valence-corrected chi connectivity index (χ1v) is 11.7. The van der Waals surface area contributed by atoms with Crippen molar-refractivity contribution in [3.8, 4) is 5.69 Å². The fourth-order valence-electron chi connectivity index (χ4n) is 5.30. The predicted molar refractivity (Wildman–Crippen MR) is 122 cm³/mol. The molecule has 2 atom stereocenters. The third-order valence-corrected chi connectivity index (χ3v) is 7.13. The smallest absolute Gasteiger partial charge is 0.333 e. The lowest BCUT2D eigenvalue weighted by Gasteiger charge is -2.40. The Hall–Kier alpha value is -2.71. The average molecular weight is 438 g/mol. The zero-order valence-corrected chi connectivity index (χ0v) is 18.6. The molecule has 0 bridgehead atoms. The summed E-state index contributed by atoms with van der Waals surface area (Å²) in [5.74, 6) is 1.43. The molecule has 32 heavy (non-hydrogen) atoms. The van der Waals surface area contributed by atoms with Gasteiger partial charge in [0.15, 0.2) is 0 Å². The van der Waals surface area contributed by atoms with Crippen molar-refractivity contribution in [2.75, 3.05) is 26.3 Å². The van der Waals surface area contributed by atoms with Crippen molar-refractivity contribution in [3.05, 3.63) is 63.2 Å². The highest BCUT2D eigenvalue weighted by Gasteiger charge is 2.28. The van der Waals surface area contributed by atoms with E-state index in [9.17, 15) is 9.59 Å². The van der Waals surface area contributed by atoms with Gasteiger partial charge in [-0.3, -0.25) is 14.3 Å². The lowest BCUT2D eigenvalue weighted by molar-refractivity contribution is 0.0347. The van der Waals surface area contributed by atoms with Crippen LogP contribution in [0.25, 0.3) is 11.2 Å². The molecule has 8 heteroatoms. The van der Waals surface area contributed by atoms with E-state index >= 15 is 0 Å². The van der Waals surface area contributed by atoms with Crippen LogP contribution in [-0.4, -0.2) is 56.4 Å². The standard InChI is InChI=1S/C24H31N5O3/c1-17-12-19(2-7-27(17)16-18-5-10-32-11-6-18)13-20-3-9-29-21(14-20)22(15-25-29)28-8-4-23(30)26-24(28)31/h3-4,8-9,14-15,17-19H,2,5-7,10-13,16H2,1H3,(H,26,30,31)/t17-,19-/m0/s1. The predicted octanol–water partition coefficient (Wildman–Crippen LogP) is 2.24. The normalized spacial score (nSPS) is 23.0. The maximum absolute atomic E-state index is 12.3. The van der Waals surface area contributed by atoms with Gasteiger partial charge in [0.25, 0.3) is 5.56 Å². The highest BCUT2D eigenvalue weighted by atomic mass is 16.5. The molecule has 2 fully saturated rings. The van der Waals surface area contributed by atoms with E-state index in [1.165, 1.54) is 54.6 Å². The van der Waals surface area contributed by atoms with Crippen LogP contribution in [0.15, 0.2) is 46.4 Å². The SMILES string of the molecule is C[C@H]1C[C@@H](Cc2ccn3ncc(-n4ccc(=O)[nH]c4=O)c3c2)CCN1CC1CCOCC1. The molecule has 8 nitrogen and oxygen atoms in total. The van der Waals surface area contributed by atoms with Gasteiger partial charge < -0.3 is 9.64 Å². The number of aromatic amines is 1. The summed E-state index contributed by atoms with van der Waals surface area (Å²) in [4.78, 5) is 28.7. The van der Waals surface area contributed by atoms with Gasteiger partial charge in [-0.1, -0.05) is 0 Å². The van der Waals surface area contributed by atoms with Gasteiger partial charge in [0.2, 0.25) is 0 Å². The number of hydrogen-bond acceptors (Lipinski definition) is 5. The van der Waals surface area contributed by atoms with E-state index in [1.54, 1.807) is 10.7 Å². The van der Waals surface area contributed by atoms with E-state index in [-0.39, 0.29) is 0 Å². The van der Waals surface area contributed by atoms with Crippen LogP contribution in [0, 0.1) is 11.8 Å². The number of aromatic nitrogens is 4. The second kappa shape index (κ2) is 9.03. The second-order valence-corrected chi connectivity index (χ2v) is 9.37. The number of likely N-dealkylation sites (tertiary alicyclic amines) is 1. The molecule has 170 valence electrons. The molecule has 2 saturated heterocycles. The summed E-state index contributed by atoms with van der Waals surface area (Å²) in [6.07, 6.45) is 10.9. The maximum Gasteiger partial charge on any atom is 0.333 e. The Morgan fingerprint density at radius 1 is 1.12 bits per heavy atom. The molecule has 0 spiro atoms. The number of pyridine rings is 1. The summed E-state index contributed by atoms with van der Waals surface area (Å²) < 4.78 is 8.72. The summed E-state index contributed by atoms with van der Waals surface area (Å²) in [6.45, 7) is 6.57. The number of H-pyrrole nitrogens is 1. The van der Waals surface area contributed by atoms with Crippen molar-refractivity contribution in [2.45, 2.75) is 45.1 Å². The number of nitrogens with zero attached hydrogens (tertiary/aromatic N) is 4. The van der Waals surface area contributed by atoms with Gasteiger partial charge in [-0.15, -0.1) is 0 Å². The van der Waals surface area contributed by atoms with Crippen LogP contribution in [0.2, 0.25) is 0 Å². The third kappa shape index (κ3) is 4.42. The zero-order valence-electron chi connectivity index (χ0n) is 18.6. The molecule has 0 saturated carbocycles. The largest absolute Gasteiger partial charge is 0.381 e. The molecule has 5 heterocycles. The molecule has 1 N–H and O–H groups in total. The number of ether oxygens (including phenoxy) is 1. The highest BCUT2D eigenvalue weighted by Crippen LogP contribution is 2.29. The van der Waals surface area contributed by atoms with Crippen molar-refractivity contribution < 1.29 is 4.74 Å². The van der Waals surface area contributed by atoms with Crippen LogP contribution in [0.5, 0.6) is 0 Å². The minimum Gasteiger partial charge on any atom is -0.381 e. The van der Waals surface area contributed by atoms with E-state index in [4.69, 9.17) is 4.74 Å². The first kappa shape index (κ1) is 21.2. The Bertz CT molecular complexity index is 1190. The van der Waals surface area contributed by atoms with E-state index in [1.807, 2.05) is 6.20 Å². The fraction of sp³-hybridized carbons (Fsp3) is 0.542. The Kier molecular flexibility index (Phi) is 5.97. The van der Waals surface area contributed by atoms with Crippen LogP contribution in [0.3, 0.4) is 0 Å². The lowest BCUT2D eigenvalue weighted by Crippen LogP contribution is -2.44. The fourth-order valence-corrected chi connectivity index (χ4v) is 5.30. The van der Waals surface area contributed by atoms with Gasteiger partial charge in [0.1, 0.15) is 0 Å². The molecule has 0 radical (unpaired) electrons. The summed E-state index contributed by atoms with van der Waals surface area (Å²) in [5.41, 5.74) is 1.94. The van der Waals surface area contributed by atoms with Gasteiger partial charge in [0.05, 0.1) is 17.4 Å². The lowest BCUT2D eigenvalue weighted by atomic mass is 9.85. The Labute approximate surface area is 186 Å². The summed E-state index contributed by atoms with van der Waals surface area (Å²) in [6, 6.07) is 6.20. The Morgan fingerprint density at radius 3 is 2.75 bits per heavy atom. The molecule has 0 unspecified atom stereocenters. The van der Waals surface area contributed by atoms with E-state index in [2.05, 4.69) is 34.0 Å². The van der Waals surface area contributed by atoms with Gasteiger partial charge in [-0.05, 0) is 75.1 Å². The first-order chi connectivity index (χ1) is 15.6.